The van der Waals surface area contributed by atoms with Crippen molar-refractivity contribution in [3.63, 3.8) is 0 Å². The van der Waals surface area contributed by atoms with Crippen LogP contribution in [-0.2, 0) is 6.61 Å². The Hall–Kier alpha value is -4.50. The van der Waals surface area contributed by atoms with Gasteiger partial charge in [-0.1, -0.05) is 23.7 Å². The van der Waals surface area contributed by atoms with Crippen molar-refractivity contribution in [1.82, 2.24) is 15.6 Å². The summed E-state index contributed by atoms with van der Waals surface area (Å²) in [5.41, 5.74) is 5.62. The molecule has 0 spiro atoms. The van der Waals surface area contributed by atoms with Gasteiger partial charge in [0.2, 0.25) is 0 Å². The minimum atomic E-state index is -0.486. The Morgan fingerprint density at radius 1 is 1.09 bits per heavy atom. The molecule has 3 aromatic carbocycles. The summed E-state index contributed by atoms with van der Waals surface area (Å²) in [5, 5.41) is 22.1. The molecule has 4 aromatic rings. The number of ether oxygens (including phenoxy) is 1. The van der Waals surface area contributed by atoms with Gasteiger partial charge in [-0.25, -0.2) is 5.43 Å². The minimum absolute atomic E-state index is 0.0210. The number of halogens is 1. The van der Waals surface area contributed by atoms with Crippen LogP contribution in [0.1, 0.15) is 21.6 Å². The highest BCUT2D eigenvalue weighted by atomic mass is 35.5. The largest absolute Gasteiger partial charge is 0.489 e. The molecule has 0 atom stereocenters. The second-order valence-electron chi connectivity index (χ2n) is 7.15. The molecule has 9 nitrogen and oxygen atoms in total. The molecule has 0 bridgehead atoms. The van der Waals surface area contributed by atoms with Gasteiger partial charge in [-0.15, -0.1) is 0 Å². The first-order chi connectivity index (χ1) is 16.5. The second-order valence-corrected chi connectivity index (χ2v) is 7.59. The molecular formula is C24H18ClN5O4. The number of hydrogen-bond acceptors (Lipinski definition) is 6. The van der Waals surface area contributed by atoms with Crippen molar-refractivity contribution in [1.29, 1.82) is 0 Å². The number of nitro benzene ring substituents is 1. The lowest BCUT2D eigenvalue weighted by Gasteiger charge is -2.07. The smallest absolute Gasteiger partial charge is 0.289 e. The van der Waals surface area contributed by atoms with Gasteiger partial charge >= 0.3 is 0 Å². The number of amides is 1. The first kappa shape index (κ1) is 22.7. The van der Waals surface area contributed by atoms with Crippen LogP contribution in [0.2, 0.25) is 5.02 Å². The van der Waals surface area contributed by atoms with E-state index in [9.17, 15) is 14.9 Å². The number of carbonyl (C=O) groups is 1. The number of nitro groups is 1. The molecule has 0 radical (unpaired) electrons. The van der Waals surface area contributed by atoms with Crippen molar-refractivity contribution in [2.75, 3.05) is 0 Å². The number of aromatic amines is 1. The van der Waals surface area contributed by atoms with Crippen molar-refractivity contribution in [3.05, 3.63) is 111 Å². The Labute approximate surface area is 199 Å². The summed E-state index contributed by atoms with van der Waals surface area (Å²) in [6.07, 6.45) is 1.39. The number of carbonyl (C=O) groups excluding carboxylic acids is 1. The van der Waals surface area contributed by atoms with Crippen molar-refractivity contribution in [3.8, 4) is 17.0 Å². The number of H-pyrrole nitrogens is 1. The average molecular weight is 476 g/mol. The van der Waals surface area contributed by atoms with Gasteiger partial charge < -0.3 is 4.74 Å². The van der Waals surface area contributed by atoms with Crippen LogP contribution in [0, 0.1) is 10.1 Å². The number of rotatable bonds is 8. The summed E-state index contributed by atoms with van der Waals surface area (Å²) in [5.74, 6) is 0.229. The molecule has 0 aliphatic rings. The molecule has 10 heteroatoms. The maximum Gasteiger partial charge on any atom is 0.289 e. The third-order valence-corrected chi connectivity index (χ3v) is 5.03. The third kappa shape index (κ3) is 5.84. The van der Waals surface area contributed by atoms with E-state index in [2.05, 4.69) is 20.7 Å². The zero-order valence-electron chi connectivity index (χ0n) is 17.6. The molecule has 2 N–H and O–H groups in total. The molecule has 170 valence electrons. The van der Waals surface area contributed by atoms with Gasteiger partial charge in [0, 0.05) is 22.7 Å². The standard InChI is InChI=1S/C24H18ClN5O4/c25-19-7-1-17(2-8-19)15-34-21-11-5-18(6-12-21)22-13-23(28-27-22)24(31)29-26-14-16-3-9-20(10-4-16)30(32)33/h1-14H,15H2,(H,27,28)(H,29,31)/b26-14+. The lowest BCUT2D eigenvalue weighted by atomic mass is 10.1. The van der Waals surface area contributed by atoms with E-state index in [-0.39, 0.29) is 11.4 Å². The summed E-state index contributed by atoms with van der Waals surface area (Å²) < 4.78 is 5.78. The molecule has 0 aliphatic carbocycles. The van der Waals surface area contributed by atoms with Crippen LogP contribution in [0.3, 0.4) is 0 Å². The van der Waals surface area contributed by atoms with Crippen LogP contribution in [0.25, 0.3) is 11.3 Å². The fraction of sp³-hybridized carbons (Fsp3) is 0.0417. The van der Waals surface area contributed by atoms with E-state index >= 15 is 0 Å². The van der Waals surface area contributed by atoms with Gasteiger partial charge in [-0.3, -0.25) is 20.0 Å². The van der Waals surface area contributed by atoms with Crippen molar-refractivity contribution < 1.29 is 14.5 Å². The number of aromatic nitrogens is 2. The van der Waals surface area contributed by atoms with E-state index in [1.807, 2.05) is 48.5 Å². The van der Waals surface area contributed by atoms with E-state index in [1.54, 1.807) is 6.07 Å². The molecule has 1 aromatic heterocycles. The van der Waals surface area contributed by atoms with Gasteiger partial charge in [0.1, 0.15) is 18.1 Å². The van der Waals surface area contributed by atoms with Crippen LogP contribution in [0.4, 0.5) is 5.69 Å². The van der Waals surface area contributed by atoms with Crippen LogP contribution < -0.4 is 10.2 Å². The molecule has 1 amide bonds. The van der Waals surface area contributed by atoms with Crippen molar-refractivity contribution >= 4 is 29.4 Å². The van der Waals surface area contributed by atoms with Gasteiger partial charge in [0.05, 0.1) is 16.8 Å². The van der Waals surface area contributed by atoms with Gasteiger partial charge in [-0.05, 0) is 65.7 Å². The van der Waals surface area contributed by atoms with E-state index in [1.165, 1.54) is 30.5 Å². The predicted molar refractivity (Wildman–Crippen MR) is 128 cm³/mol. The molecule has 0 fully saturated rings. The summed E-state index contributed by atoms with van der Waals surface area (Å²) in [6, 6.07) is 22.2. The van der Waals surface area contributed by atoms with E-state index in [0.717, 1.165) is 11.1 Å². The highest BCUT2D eigenvalue weighted by Crippen LogP contribution is 2.22. The lowest BCUT2D eigenvalue weighted by Crippen LogP contribution is -2.17. The highest BCUT2D eigenvalue weighted by Gasteiger charge is 2.11. The molecule has 34 heavy (non-hydrogen) atoms. The first-order valence-electron chi connectivity index (χ1n) is 10.1. The Kier molecular flexibility index (Phi) is 6.95. The number of hydrazone groups is 1. The topological polar surface area (TPSA) is 123 Å². The normalized spacial score (nSPS) is 10.9. The molecule has 0 saturated carbocycles. The fourth-order valence-corrected chi connectivity index (χ4v) is 3.09. The predicted octanol–water partition coefficient (Wildman–Crippen LogP) is 4.98. The zero-order chi connectivity index (χ0) is 23.9. The number of nitrogens with zero attached hydrogens (tertiary/aromatic N) is 3. The molecule has 0 saturated heterocycles. The Morgan fingerprint density at radius 3 is 2.47 bits per heavy atom. The maximum atomic E-state index is 12.3. The zero-order valence-corrected chi connectivity index (χ0v) is 18.4. The summed E-state index contributed by atoms with van der Waals surface area (Å²) in [6.45, 7) is 0.420. The lowest BCUT2D eigenvalue weighted by molar-refractivity contribution is -0.384. The Balaban J connectivity index is 1.32. The van der Waals surface area contributed by atoms with Crippen LogP contribution >= 0.6 is 11.6 Å². The quantitative estimate of drug-likeness (QED) is 0.211. The molecular weight excluding hydrogens is 458 g/mol. The van der Waals surface area contributed by atoms with Crippen molar-refractivity contribution in [2.24, 2.45) is 5.10 Å². The highest BCUT2D eigenvalue weighted by molar-refractivity contribution is 6.30. The number of non-ortho nitro benzene ring substituents is 1. The minimum Gasteiger partial charge on any atom is -0.489 e. The maximum absolute atomic E-state index is 12.3. The molecule has 0 unspecified atom stereocenters. The Morgan fingerprint density at radius 2 is 1.79 bits per heavy atom. The van der Waals surface area contributed by atoms with E-state index < -0.39 is 10.8 Å². The number of benzene rings is 3. The summed E-state index contributed by atoms with van der Waals surface area (Å²) in [7, 11) is 0. The SMILES string of the molecule is O=C(N/N=C/c1ccc([N+](=O)[O-])cc1)c1cc(-c2ccc(OCc3ccc(Cl)cc3)cc2)n[nH]1. The van der Waals surface area contributed by atoms with Gasteiger partial charge in [0.15, 0.2) is 0 Å². The number of hydrogen-bond donors (Lipinski definition) is 2. The van der Waals surface area contributed by atoms with Gasteiger partial charge in [-0.2, -0.15) is 10.2 Å². The van der Waals surface area contributed by atoms with Crippen LogP contribution in [0.15, 0.2) is 84.0 Å². The number of nitrogens with one attached hydrogen (secondary N) is 2. The van der Waals surface area contributed by atoms with Gasteiger partial charge in [0.25, 0.3) is 11.6 Å². The molecule has 1 heterocycles. The second kappa shape index (κ2) is 10.4. The summed E-state index contributed by atoms with van der Waals surface area (Å²) in [4.78, 5) is 22.5. The molecule has 0 aliphatic heterocycles. The summed E-state index contributed by atoms with van der Waals surface area (Å²) >= 11 is 5.89. The molecule has 4 rings (SSSR count). The third-order valence-electron chi connectivity index (χ3n) is 4.77. The van der Waals surface area contributed by atoms with E-state index in [4.69, 9.17) is 16.3 Å². The average Bonchev–Trinajstić information content (AvgIpc) is 3.35. The van der Waals surface area contributed by atoms with Crippen LogP contribution in [0.5, 0.6) is 5.75 Å². The van der Waals surface area contributed by atoms with Crippen molar-refractivity contribution in [2.45, 2.75) is 6.61 Å². The Bertz CT molecular complexity index is 1320. The van der Waals surface area contributed by atoms with E-state index in [0.29, 0.717) is 28.6 Å². The first-order valence-corrected chi connectivity index (χ1v) is 10.5. The monoisotopic (exact) mass is 475 g/mol. The fourth-order valence-electron chi connectivity index (χ4n) is 2.96. The van der Waals surface area contributed by atoms with Crippen LogP contribution in [-0.4, -0.2) is 27.2 Å².